The Balaban J connectivity index is 1.84. The zero-order valence-corrected chi connectivity index (χ0v) is 16.5. The molecule has 29 heavy (non-hydrogen) atoms. The number of imidazole rings is 1. The van der Waals surface area contributed by atoms with E-state index >= 15 is 0 Å². The van der Waals surface area contributed by atoms with Gasteiger partial charge in [0.05, 0.1) is 11.8 Å². The monoisotopic (exact) mass is 412 g/mol. The Hall–Kier alpha value is -2.90. The zero-order valence-electron chi connectivity index (χ0n) is 15.8. The van der Waals surface area contributed by atoms with Crippen LogP contribution in [0.3, 0.4) is 0 Å². The topological polar surface area (TPSA) is 79.8 Å². The molecular formula is C21H21ClN4O3. The number of carbonyl (C=O) groups is 1. The Morgan fingerprint density at radius 3 is 2.86 bits per heavy atom. The van der Waals surface area contributed by atoms with Gasteiger partial charge in [0.25, 0.3) is 11.5 Å². The average Bonchev–Trinajstić information content (AvgIpc) is 3.14. The molecule has 4 rings (SSSR count). The lowest BCUT2D eigenvalue weighted by atomic mass is 10.1. The van der Waals surface area contributed by atoms with E-state index in [1.54, 1.807) is 33.8 Å². The van der Waals surface area contributed by atoms with E-state index in [0.29, 0.717) is 29.2 Å². The highest BCUT2D eigenvalue weighted by Crippen LogP contribution is 2.27. The minimum Gasteiger partial charge on any atom is -0.391 e. The van der Waals surface area contributed by atoms with Crippen molar-refractivity contribution in [2.45, 2.75) is 25.5 Å². The van der Waals surface area contributed by atoms with E-state index < -0.39 is 6.10 Å². The van der Waals surface area contributed by atoms with Crippen LogP contribution in [0.5, 0.6) is 0 Å². The molecule has 0 radical (unpaired) electrons. The number of likely N-dealkylation sites (tertiary alicyclic amines) is 1. The molecule has 0 saturated carbocycles. The Bertz CT molecular complexity index is 1150. The molecule has 1 aromatic carbocycles. The first kappa shape index (κ1) is 19.4. The lowest BCUT2D eigenvalue weighted by molar-refractivity contribution is 0.0469. The minimum absolute atomic E-state index is 0.156. The molecule has 1 fully saturated rings. The number of amides is 1. The van der Waals surface area contributed by atoms with Gasteiger partial charge in [-0.05, 0) is 18.9 Å². The maximum Gasteiger partial charge on any atom is 0.295 e. The normalized spacial score (nSPS) is 16.9. The third kappa shape index (κ3) is 3.59. The number of β-amino-alcohol motifs (C(OH)–C–C–N with tert-alkyl or cyclic N) is 1. The fraction of sp³-hybridized carbons (Fsp3) is 0.286. The lowest BCUT2D eigenvalue weighted by Crippen LogP contribution is -2.42. The minimum atomic E-state index is -0.527. The highest BCUT2D eigenvalue weighted by molar-refractivity contribution is 6.33. The summed E-state index contributed by atoms with van der Waals surface area (Å²) < 4.78 is 3.10. The third-order valence-corrected chi connectivity index (χ3v) is 5.41. The van der Waals surface area contributed by atoms with Crippen molar-refractivity contribution in [3.05, 3.63) is 70.4 Å². The number of rotatable bonds is 4. The molecule has 3 aromatic rings. The van der Waals surface area contributed by atoms with Gasteiger partial charge in [0, 0.05) is 42.6 Å². The summed E-state index contributed by atoms with van der Waals surface area (Å²) in [6.07, 6.45) is 5.82. The van der Waals surface area contributed by atoms with E-state index in [1.807, 2.05) is 18.2 Å². The molecule has 1 aliphatic heterocycles. The predicted octanol–water partition coefficient (Wildman–Crippen LogP) is 2.60. The van der Waals surface area contributed by atoms with E-state index in [1.165, 1.54) is 4.57 Å². The molecule has 1 atom stereocenters. The second-order valence-corrected chi connectivity index (χ2v) is 7.51. The van der Waals surface area contributed by atoms with Crippen molar-refractivity contribution in [2.75, 3.05) is 13.1 Å². The molecular weight excluding hydrogens is 392 g/mol. The number of nitrogens with zero attached hydrogens (tertiary/aromatic N) is 4. The van der Waals surface area contributed by atoms with Crippen LogP contribution < -0.4 is 5.56 Å². The largest absolute Gasteiger partial charge is 0.391 e. The summed E-state index contributed by atoms with van der Waals surface area (Å²) >= 11 is 6.35. The predicted molar refractivity (Wildman–Crippen MR) is 111 cm³/mol. The van der Waals surface area contributed by atoms with Gasteiger partial charge in [-0.15, -0.1) is 6.58 Å². The van der Waals surface area contributed by atoms with Crippen LogP contribution in [-0.2, 0) is 6.54 Å². The summed E-state index contributed by atoms with van der Waals surface area (Å²) in [5.74, 6) is -0.290. The smallest absolute Gasteiger partial charge is 0.295 e. The second-order valence-electron chi connectivity index (χ2n) is 7.10. The van der Waals surface area contributed by atoms with Gasteiger partial charge in [0.2, 0.25) is 5.65 Å². The average molecular weight is 413 g/mol. The molecule has 150 valence electrons. The van der Waals surface area contributed by atoms with Crippen LogP contribution in [0.1, 0.15) is 23.3 Å². The molecule has 1 N–H and O–H groups in total. The van der Waals surface area contributed by atoms with Crippen molar-refractivity contribution in [3.63, 3.8) is 0 Å². The van der Waals surface area contributed by atoms with Crippen LogP contribution >= 0.6 is 11.6 Å². The number of aromatic nitrogens is 3. The molecule has 2 aromatic heterocycles. The first-order chi connectivity index (χ1) is 14.0. The van der Waals surface area contributed by atoms with Gasteiger partial charge in [-0.2, -0.15) is 0 Å². The van der Waals surface area contributed by atoms with Gasteiger partial charge in [-0.1, -0.05) is 35.9 Å². The first-order valence-corrected chi connectivity index (χ1v) is 9.83. The third-order valence-electron chi connectivity index (χ3n) is 5.09. The van der Waals surface area contributed by atoms with Gasteiger partial charge in [0.1, 0.15) is 5.69 Å². The van der Waals surface area contributed by atoms with E-state index in [9.17, 15) is 14.7 Å². The van der Waals surface area contributed by atoms with Gasteiger partial charge in [-0.3, -0.25) is 18.6 Å². The molecule has 1 saturated heterocycles. The number of allylic oxidation sites excluding steroid dienone is 1. The maximum absolute atomic E-state index is 13.1. The Labute approximate surface area is 172 Å². The number of aliphatic hydroxyl groups excluding tert-OH is 1. The number of piperidine rings is 1. The standard InChI is InChI=1S/C21H21ClN4O3/c1-2-9-26-18(15-7-3-4-8-16(15)22)13-25-12-17(23-19(25)21(26)29)20(28)24-10-5-6-14(27)11-24/h2-4,7-8,12-14,27H,1,5-6,9-11H2/t14-/m0/s1. The van der Waals surface area contributed by atoms with E-state index in [-0.39, 0.29) is 35.9 Å². The van der Waals surface area contributed by atoms with E-state index in [2.05, 4.69) is 11.6 Å². The number of carbonyl (C=O) groups excluding carboxylic acids is 1. The van der Waals surface area contributed by atoms with Crippen molar-refractivity contribution >= 4 is 23.2 Å². The van der Waals surface area contributed by atoms with Crippen molar-refractivity contribution < 1.29 is 9.90 Å². The molecule has 3 heterocycles. The summed E-state index contributed by atoms with van der Waals surface area (Å²) in [5, 5.41) is 10.4. The van der Waals surface area contributed by atoms with Gasteiger partial charge in [-0.25, -0.2) is 4.98 Å². The summed E-state index contributed by atoms with van der Waals surface area (Å²) in [6.45, 7) is 4.85. The van der Waals surface area contributed by atoms with E-state index in [0.717, 1.165) is 6.42 Å². The Morgan fingerprint density at radius 2 is 2.14 bits per heavy atom. The molecule has 7 nitrogen and oxygen atoms in total. The van der Waals surface area contributed by atoms with Crippen LogP contribution in [0.2, 0.25) is 5.02 Å². The second kappa shape index (κ2) is 7.85. The summed E-state index contributed by atoms with van der Waals surface area (Å²) in [4.78, 5) is 31.8. The summed E-state index contributed by atoms with van der Waals surface area (Å²) in [7, 11) is 0. The van der Waals surface area contributed by atoms with Crippen LogP contribution in [-0.4, -0.2) is 49.1 Å². The first-order valence-electron chi connectivity index (χ1n) is 9.45. The van der Waals surface area contributed by atoms with Gasteiger partial charge >= 0.3 is 0 Å². The number of aliphatic hydroxyl groups is 1. The maximum atomic E-state index is 13.1. The van der Waals surface area contributed by atoms with Crippen LogP contribution in [0, 0.1) is 0 Å². The van der Waals surface area contributed by atoms with Crippen LogP contribution in [0.4, 0.5) is 0 Å². The molecule has 0 spiro atoms. The van der Waals surface area contributed by atoms with Crippen LogP contribution in [0.15, 0.2) is 54.1 Å². The van der Waals surface area contributed by atoms with Crippen molar-refractivity contribution in [1.29, 1.82) is 0 Å². The molecule has 0 unspecified atom stereocenters. The van der Waals surface area contributed by atoms with Crippen molar-refractivity contribution in [1.82, 2.24) is 18.9 Å². The van der Waals surface area contributed by atoms with Gasteiger partial charge < -0.3 is 10.0 Å². The SMILES string of the molecule is C=CCn1c(-c2ccccc2Cl)cn2cc(C(=O)N3CCC[C@H](O)C3)nc2c1=O. The summed E-state index contributed by atoms with van der Waals surface area (Å²) in [5.41, 5.74) is 1.31. The fourth-order valence-electron chi connectivity index (χ4n) is 3.68. The number of hydrogen-bond acceptors (Lipinski definition) is 4. The number of hydrogen-bond donors (Lipinski definition) is 1. The quantitative estimate of drug-likeness (QED) is 0.668. The Morgan fingerprint density at radius 1 is 1.34 bits per heavy atom. The fourth-order valence-corrected chi connectivity index (χ4v) is 3.91. The van der Waals surface area contributed by atoms with Gasteiger partial charge in [0.15, 0.2) is 0 Å². The molecule has 1 aliphatic rings. The highest BCUT2D eigenvalue weighted by Gasteiger charge is 2.25. The molecule has 1 amide bonds. The zero-order chi connectivity index (χ0) is 20.5. The van der Waals surface area contributed by atoms with Crippen molar-refractivity contribution in [2.24, 2.45) is 0 Å². The molecule has 0 bridgehead atoms. The number of fused-ring (bicyclic) bond motifs is 1. The Kier molecular flexibility index (Phi) is 5.25. The summed E-state index contributed by atoms with van der Waals surface area (Å²) in [6, 6.07) is 7.26. The van der Waals surface area contributed by atoms with Crippen LogP contribution in [0.25, 0.3) is 16.9 Å². The molecule has 8 heteroatoms. The molecule has 0 aliphatic carbocycles. The highest BCUT2D eigenvalue weighted by atomic mass is 35.5. The number of halogens is 1. The van der Waals surface area contributed by atoms with E-state index in [4.69, 9.17) is 11.6 Å². The number of benzene rings is 1. The lowest BCUT2D eigenvalue weighted by Gasteiger charge is -2.29. The van der Waals surface area contributed by atoms with Crippen molar-refractivity contribution in [3.8, 4) is 11.3 Å².